The second-order valence-electron chi connectivity index (χ2n) is 0.925. The third kappa shape index (κ3) is 0.337. The van der Waals surface area contributed by atoms with Gasteiger partial charge in [-0.15, -0.1) is 10.2 Å². The van der Waals surface area contributed by atoms with Gasteiger partial charge in [-0.3, -0.25) is 0 Å². The molecule has 0 aromatic heterocycles. The summed E-state index contributed by atoms with van der Waals surface area (Å²) >= 11 is 0. The Kier molecular flexibility index (Phi) is 0.538. The van der Waals surface area contributed by atoms with Gasteiger partial charge >= 0.3 is 0 Å². The van der Waals surface area contributed by atoms with Gasteiger partial charge in [-0.05, 0) is 5.22 Å². The molecule has 3 heteroatoms. The van der Waals surface area contributed by atoms with Crippen LogP contribution in [0.5, 0.6) is 0 Å². The van der Waals surface area contributed by atoms with Crippen molar-refractivity contribution >= 4 is 6.21 Å². The standard InChI is InChI=1S/C3H3N3/c1-3-2-4-6-5-3/h2H,1H2. The maximum Gasteiger partial charge on any atom is 0.100 e. The molecule has 0 radical (unpaired) electrons. The zero-order chi connectivity index (χ0) is 4.41. The van der Waals surface area contributed by atoms with E-state index in [2.05, 4.69) is 22.0 Å². The Morgan fingerprint density at radius 3 is 2.67 bits per heavy atom. The van der Waals surface area contributed by atoms with E-state index >= 15 is 0 Å². The molecule has 0 spiro atoms. The van der Waals surface area contributed by atoms with Crippen molar-refractivity contribution in [1.82, 2.24) is 0 Å². The molecule has 3 nitrogen and oxygen atoms in total. The van der Waals surface area contributed by atoms with E-state index in [0.29, 0.717) is 5.70 Å². The van der Waals surface area contributed by atoms with Crippen LogP contribution in [0.2, 0.25) is 0 Å². The minimum atomic E-state index is 0.620. The first-order chi connectivity index (χ1) is 2.89. The smallest absolute Gasteiger partial charge is 0.100 e. The second kappa shape index (κ2) is 1.01. The van der Waals surface area contributed by atoms with Gasteiger partial charge in [0.2, 0.25) is 0 Å². The third-order valence-electron chi connectivity index (χ3n) is 0.432. The van der Waals surface area contributed by atoms with E-state index in [9.17, 15) is 0 Å². The van der Waals surface area contributed by atoms with Crippen LogP contribution in [0.1, 0.15) is 0 Å². The van der Waals surface area contributed by atoms with Gasteiger partial charge < -0.3 is 0 Å². The second-order valence-corrected chi connectivity index (χ2v) is 0.925. The zero-order valence-corrected chi connectivity index (χ0v) is 3.13. The summed E-state index contributed by atoms with van der Waals surface area (Å²) < 4.78 is 0. The summed E-state index contributed by atoms with van der Waals surface area (Å²) in [5.41, 5.74) is 0.620. The molecule has 0 saturated heterocycles. The van der Waals surface area contributed by atoms with Crippen LogP contribution in [0.25, 0.3) is 0 Å². The molecule has 0 unspecified atom stereocenters. The summed E-state index contributed by atoms with van der Waals surface area (Å²) in [6.45, 7) is 3.44. The highest BCUT2D eigenvalue weighted by Crippen LogP contribution is 1.95. The number of allylic oxidation sites excluding steroid dienone is 1. The molecule has 0 bridgehead atoms. The molecule has 0 N–H and O–H groups in total. The maximum absolute atomic E-state index is 3.44. The summed E-state index contributed by atoms with van der Waals surface area (Å²) in [5, 5.41) is 10.1. The molecule has 0 aliphatic carbocycles. The van der Waals surface area contributed by atoms with Crippen LogP contribution in [0.15, 0.2) is 27.7 Å². The predicted molar refractivity (Wildman–Crippen MR) is 22.5 cm³/mol. The Labute approximate surface area is 35.1 Å². The summed E-state index contributed by atoms with van der Waals surface area (Å²) in [4.78, 5) is 0. The Hall–Kier alpha value is -0.990. The summed E-state index contributed by atoms with van der Waals surface area (Å²) in [7, 11) is 0. The van der Waals surface area contributed by atoms with Gasteiger partial charge in [-0.1, -0.05) is 6.58 Å². The van der Waals surface area contributed by atoms with Crippen LogP contribution >= 0.6 is 0 Å². The number of hydrogen-bond acceptors (Lipinski definition) is 3. The number of rotatable bonds is 0. The van der Waals surface area contributed by atoms with Crippen LogP contribution in [0.4, 0.5) is 0 Å². The van der Waals surface area contributed by atoms with E-state index in [-0.39, 0.29) is 0 Å². The summed E-state index contributed by atoms with van der Waals surface area (Å²) in [6, 6.07) is 0. The molecular weight excluding hydrogens is 78.1 g/mol. The van der Waals surface area contributed by atoms with Crippen LogP contribution in [-0.4, -0.2) is 6.21 Å². The molecule has 0 saturated carbocycles. The Balaban J connectivity index is 2.86. The molecule has 1 aliphatic rings. The lowest BCUT2D eigenvalue weighted by atomic mass is 10.6. The average molecular weight is 81.1 g/mol. The summed E-state index contributed by atoms with van der Waals surface area (Å²) in [5.74, 6) is 0. The van der Waals surface area contributed by atoms with Crippen LogP contribution < -0.4 is 0 Å². The van der Waals surface area contributed by atoms with Gasteiger partial charge in [0.25, 0.3) is 0 Å². The summed E-state index contributed by atoms with van der Waals surface area (Å²) in [6.07, 6.45) is 1.50. The molecular formula is C3H3N3. The van der Waals surface area contributed by atoms with E-state index in [1.165, 1.54) is 6.21 Å². The van der Waals surface area contributed by atoms with E-state index < -0.39 is 0 Å². The molecule has 1 heterocycles. The Bertz CT molecular complexity index is 108. The molecule has 0 fully saturated rings. The monoisotopic (exact) mass is 81.0 g/mol. The van der Waals surface area contributed by atoms with Gasteiger partial charge in [-0.2, -0.15) is 0 Å². The van der Waals surface area contributed by atoms with Crippen molar-refractivity contribution in [3.8, 4) is 0 Å². The minimum absolute atomic E-state index is 0.620. The normalized spacial score (nSPS) is 17.0. The van der Waals surface area contributed by atoms with Crippen molar-refractivity contribution < 1.29 is 0 Å². The molecule has 0 aromatic rings. The highest BCUT2D eigenvalue weighted by Gasteiger charge is 1.85. The fourth-order valence-electron chi connectivity index (χ4n) is 0.202. The van der Waals surface area contributed by atoms with Crippen molar-refractivity contribution in [2.24, 2.45) is 15.4 Å². The van der Waals surface area contributed by atoms with Crippen molar-refractivity contribution in [2.75, 3.05) is 0 Å². The van der Waals surface area contributed by atoms with Crippen molar-refractivity contribution in [3.63, 3.8) is 0 Å². The first-order valence-corrected chi connectivity index (χ1v) is 1.52. The first-order valence-electron chi connectivity index (χ1n) is 1.52. The molecule has 1 aliphatic heterocycles. The van der Waals surface area contributed by atoms with E-state index in [1.807, 2.05) is 0 Å². The molecule has 1 rings (SSSR count). The lowest BCUT2D eigenvalue weighted by Gasteiger charge is -1.64. The van der Waals surface area contributed by atoms with Crippen LogP contribution in [0, 0.1) is 0 Å². The van der Waals surface area contributed by atoms with Crippen LogP contribution in [-0.2, 0) is 0 Å². The highest BCUT2D eigenvalue weighted by molar-refractivity contribution is 5.77. The lowest BCUT2D eigenvalue weighted by Crippen LogP contribution is -1.62. The predicted octanol–water partition coefficient (Wildman–Crippen LogP) is 0.952. The quantitative estimate of drug-likeness (QED) is 0.416. The molecule has 6 heavy (non-hydrogen) atoms. The minimum Gasteiger partial charge on any atom is -0.136 e. The highest BCUT2D eigenvalue weighted by atomic mass is 15.4. The Morgan fingerprint density at radius 2 is 2.50 bits per heavy atom. The van der Waals surface area contributed by atoms with E-state index in [4.69, 9.17) is 0 Å². The fourth-order valence-corrected chi connectivity index (χ4v) is 0.202. The largest absolute Gasteiger partial charge is 0.136 e. The first kappa shape index (κ1) is 3.21. The van der Waals surface area contributed by atoms with Crippen molar-refractivity contribution in [1.29, 1.82) is 0 Å². The maximum atomic E-state index is 3.44. The van der Waals surface area contributed by atoms with Gasteiger partial charge in [0.05, 0.1) is 6.21 Å². The topological polar surface area (TPSA) is 37.1 Å². The van der Waals surface area contributed by atoms with Gasteiger partial charge in [-0.25, -0.2) is 0 Å². The zero-order valence-electron chi connectivity index (χ0n) is 3.13. The molecule has 30 valence electrons. The number of nitrogens with zero attached hydrogens (tertiary/aromatic N) is 3. The van der Waals surface area contributed by atoms with Gasteiger partial charge in [0.1, 0.15) is 5.70 Å². The fraction of sp³-hybridized carbons (Fsp3) is 0. The Morgan fingerprint density at radius 1 is 1.67 bits per heavy atom. The molecule has 0 atom stereocenters. The SMILES string of the molecule is C=C1C=NN=N1. The molecule has 0 aromatic carbocycles. The number of hydrogen-bond donors (Lipinski definition) is 0. The molecule has 0 amide bonds. The van der Waals surface area contributed by atoms with E-state index in [1.54, 1.807) is 0 Å². The average Bonchev–Trinajstić information content (AvgIpc) is 1.86. The van der Waals surface area contributed by atoms with Gasteiger partial charge in [0.15, 0.2) is 0 Å². The van der Waals surface area contributed by atoms with Crippen molar-refractivity contribution in [2.45, 2.75) is 0 Å². The van der Waals surface area contributed by atoms with E-state index in [0.717, 1.165) is 0 Å². The van der Waals surface area contributed by atoms with Crippen molar-refractivity contribution in [3.05, 3.63) is 12.3 Å². The van der Waals surface area contributed by atoms with Crippen LogP contribution in [0.3, 0.4) is 0 Å². The lowest BCUT2D eigenvalue weighted by molar-refractivity contribution is 1.10. The third-order valence-corrected chi connectivity index (χ3v) is 0.432. The van der Waals surface area contributed by atoms with Gasteiger partial charge in [0, 0.05) is 0 Å².